The van der Waals surface area contributed by atoms with Crippen LogP contribution in [0.25, 0.3) is 21.6 Å². The summed E-state index contributed by atoms with van der Waals surface area (Å²) in [4.78, 5) is 16.3. The molecule has 27 heavy (non-hydrogen) atoms. The largest absolute Gasteiger partial charge is 0.438 e. The second-order valence-electron chi connectivity index (χ2n) is 6.73. The summed E-state index contributed by atoms with van der Waals surface area (Å²) in [5, 5.41) is 1.08. The average Bonchev–Trinajstić information content (AvgIpc) is 3.30. The zero-order valence-electron chi connectivity index (χ0n) is 15.1. The van der Waals surface area contributed by atoms with Gasteiger partial charge >= 0.3 is 0 Å². The number of aryl methyl sites for hydroxylation is 3. The molecule has 3 heterocycles. The Balaban J connectivity index is 1.65. The third-order valence-corrected chi connectivity index (χ3v) is 6.18. The van der Waals surface area contributed by atoms with E-state index in [0.717, 1.165) is 40.8 Å². The SMILES string of the molecule is CCc1ccc(Oc2nc(-c3cccnc3)nc3sc4c(c23)CCC4)cc1. The third kappa shape index (κ3) is 2.98. The monoisotopic (exact) mass is 373 g/mol. The summed E-state index contributed by atoms with van der Waals surface area (Å²) in [5.74, 6) is 2.13. The van der Waals surface area contributed by atoms with E-state index in [1.165, 1.54) is 22.4 Å². The van der Waals surface area contributed by atoms with Gasteiger partial charge in [-0.1, -0.05) is 19.1 Å². The van der Waals surface area contributed by atoms with Crippen LogP contribution in [0.2, 0.25) is 0 Å². The van der Waals surface area contributed by atoms with Crippen LogP contribution in [0, 0.1) is 0 Å². The Morgan fingerprint density at radius 2 is 1.96 bits per heavy atom. The normalized spacial score (nSPS) is 13.1. The van der Waals surface area contributed by atoms with Gasteiger partial charge in [-0.15, -0.1) is 11.3 Å². The molecule has 0 atom stereocenters. The molecule has 0 saturated heterocycles. The molecule has 4 aromatic rings. The lowest BCUT2D eigenvalue weighted by Crippen LogP contribution is -1.96. The first kappa shape index (κ1) is 16.4. The Morgan fingerprint density at radius 1 is 1.07 bits per heavy atom. The van der Waals surface area contributed by atoms with Gasteiger partial charge in [0.15, 0.2) is 5.82 Å². The van der Waals surface area contributed by atoms with Crippen LogP contribution in [0.15, 0.2) is 48.8 Å². The highest BCUT2D eigenvalue weighted by Crippen LogP contribution is 2.42. The number of ether oxygens (including phenoxy) is 1. The maximum absolute atomic E-state index is 6.27. The Hall–Kier alpha value is -2.79. The molecule has 1 aliphatic rings. The molecule has 0 N–H and O–H groups in total. The van der Waals surface area contributed by atoms with Crippen LogP contribution in [-0.4, -0.2) is 15.0 Å². The molecule has 0 saturated carbocycles. The molecule has 0 unspecified atom stereocenters. The summed E-state index contributed by atoms with van der Waals surface area (Å²) in [5.41, 5.74) is 3.56. The molecule has 0 bridgehead atoms. The number of hydrogen-bond donors (Lipinski definition) is 0. The molecular weight excluding hydrogens is 354 g/mol. The van der Waals surface area contributed by atoms with Crippen LogP contribution >= 0.6 is 11.3 Å². The maximum Gasteiger partial charge on any atom is 0.231 e. The van der Waals surface area contributed by atoms with E-state index in [9.17, 15) is 0 Å². The molecule has 5 rings (SSSR count). The second-order valence-corrected chi connectivity index (χ2v) is 7.81. The van der Waals surface area contributed by atoms with Crippen molar-refractivity contribution in [1.29, 1.82) is 0 Å². The van der Waals surface area contributed by atoms with Crippen LogP contribution in [0.5, 0.6) is 11.6 Å². The predicted molar refractivity (Wildman–Crippen MR) is 109 cm³/mol. The van der Waals surface area contributed by atoms with Gasteiger partial charge in [-0.05, 0) is 61.1 Å². The van der Waals surface area contributed by atoms with Crippen molar-refractivity contribution in [1.82, 2.24) is 15.0 Å². The van der Waals surface area contributed by atoms with Gasteiger partial charge in [-0.3, -0.25) is 4.98 Å². The first-order valence-corrected chi connectivity index (χ1v) is 10.1. The van der Waals surface area contributed by atoms with Crippen molar-refractivity contribution in [3.63, 3.8) is 0 Å². The molecule has 3 aromatic heterocycles. The minimum atomic E-state index is 0.655. The summed E-state index contributed by atoms with van der Waals surface area (Å²) < 4.78 is 6.27. The minimum Gasteiger partial charge on any atom is -0.438 e. The lowest BCUT2D eigenvalue weighted by molar-refractivity contribution is 0.468. The quantitative estimate of drug-likeness (QED) is 0.467. The smallest absolute Gasteiger partial charge is 0.231 e. The first-order valence-electron chi connectivity index (χ1n) is 9.31. The van der Waals surface area contributed by atoms with E-state index < -0.39 is 0 Å². The van der Waals surface area contributed by atoms with Crippen LogP contribution in [0.1, 0.15) is 29.3 Å². The Bertz CT molecular complexity index is 1100. The van der Waals surface area contributed by atoms with E-state index in [2.05, 4.69) is 24.0 Å². The number of hydrogen-bond acceptors (Lipinski definition) is 5. The van der Waals surface area contributed by atoms with E-state index >= 15 is 0 Å². The van der Waals surface area contributed by atoms with Gasteiger partial charge in [0.1, 0.15) is 10.6 Å². The Morgan fingerprint density at radius 3 is 2.74 bits per heavy atom. The van der Waals surface area contributed by atoms with Crippen molar-refractivity contribution in [3.05, 3.63) is 64.8 Å². The minimum absolute atomic E-state index is 0.655. The number of nitrogens with zero attached hydrogens (tertiary/aromatic N) is 3. The number of fused-ring (bicyclic) bond motifs is 3. The number of thiophene rings is 1. The molecule has 0 fully saturated rings. The molecule has 0 spiro atoms. The van der Waals surface area contributed by atoms with Crippen LogP contribution < -0.4 is 4.74 Å². The number of pyridine rings is 1. The summed E-state index contributed by atoms with van der Waals surface area (Å²) >= 11 is 1.77. The van der Waals surface area contributed by atoms with Gasteiger partial charge in [-0.25, -0.2) is 4.98 Å². The van der Waals surface area contributed by atoms with E-state index in [0.29, 0.717) is 11.7 Å². The van der Waals surface area contributed by atoms with E-state index in [-0.39, 0.29) is 0 Å². The molecule has 1 aromatic carbocycles. The molecule has 134 valence electrons. The standard InChI is InChI=1S/C22H19N3OS/c1-2-14-8-10-16(11-9-14)26-21-19-17-6-3-7-18(17)27-22(19)25-20(24-21)15-5-4-12-23-13-15/h4-5,8-13H,2-3,6-7H2,1H3. The lowest BCUT2D eigenvalue weighted by Gasteiger charge is -2.10. The molecule has 0 aliphatic heterocycles. The van der Waals surface area contributed by atoms with E-state index in [4.69, 9.17) is 14.7 Å². The second kappa shape index (κ2) is 6.74. The summed E-state index contributed by atoms with van der Waals surface area (Å²) in [6.45, 7) is 2.15. The molecule has 1 aliphatic carbocycles. The first-order chi connectivity index (χ1) is 13.3. The van der Waals surface area contributed by atoms with Crippen molar-refractivity contribution >= 4 is 21.6 Å². The van der Waals surface area contributed by atoms with Crippen molar-refractivity contribution in [2.24, 2.45) is 0 Å². The zero-order chi connectivity index (χ0) is 18.2. The Labute approximate surface area is 161 Å². The van der Waals surface area contributed by atoms with Crippen molar-refractivity contribution in [2.45, 2.75) is 32.6 Å². The average molecular weight is 373 g/mol. The van der Waals surface area contributed by atoms with Crippen molar-refractivity contribution in [2.75, 3.05) is 0 Å². The molecule has 0 amide bonds. The number of benzene rings is 1. The van der Waals surface area contributed by atoms with Gasteiger partial charge in [0, 0.05) is 22.8 Å². The van der Waals surface area contributed by atoms with Gasteiger partial charge < -0.3 is 4.74 Å². The van der Waals surface area contributed by atoms with Gasteiger partial charge in [-0.2, -0.15) is 4.98 Å². The van der Waals surface area contributed by atoms with Crippen LogP contribution in [0.3, 0.4) is 0 Å². The number of aromatic nitrogens is 3. The predicted octanol–water partition coefficient (Wildman–Crippen LogP) is 5.60. The zero-order valence-corrected chi connectivity index (χ0v) is 15.9. The lowest BCUT2D eigenvalue weighted by atomic mass is 10.1. The highest BCUT2D eigenvalue weighted by molar-refractivity contribution is 7.19. The fourth-order valence-corrected chi connectivity index (χ4v) is 4.82. The maximum atomic E-state index is 6.27. The fourth-order valence-electron chi connectivity index (χ4n) is 3.57. The van der Waals surface area contributed by atoms with Crippen LogP contribution in [0.4, 0.5) is 0 Å². The Kier molecular flexibility index (Phi) is 4.09. The molecule has 0 radical (unpaired) electrons. The highest BCUT2D eigenvalue weighted by atomic mass is 32.1. The van der Waals surface area contributed by atoms with Crippen molar-refractivity contribution in [3.8, 4) is 23.0 Å². The van der Waals surface area contributed by atoms with Gasteiger partial charge in [0.25, 0.3) is 0 Å². The summed E-state index contributed by atoms with van der Waals surface area (Å²) in [7, 11) is 0. The van der Waals surface area contributed by atoms with Gasteiger partial charge in [0.05, 0.1) is 5.39 Å². The summed E-state index contributed by atoms with van der Waals surface area (Å²) in [6, 6.07) is 12.1. The van der Waals surface area contributed by atoms with Gasteiger partial charge in [0.2, 0.25) is 5.88 Å². The molecule has 4 nitrogen and oxygen atoms in total. The fraction of sp³-hybridized carbons (Fsp3) is 0.227. The van der Waals surface area contributed by atoms with E-state index in [1.54, 1.807) is 23.7 Å². The highest BCUT2D eigenvalue weighted by Gasteiger charge is 2.23. The van der Waals surface area contributed by atoms with Crippen LogP contribution in [-0.2, 0) is 19.3 Å². The third-order valence-electron chi connectivity index (χ3n) is 5.00. The summed E-state index contributed by atoms with van der Waals surface area (Å²) in [6.07, 6.45) is 7.98. The van der Waals surface area contributed by atoms with Crippen molar-refractivity contribution < 1.29 is 4.74 Å². The molecular formula is C22H19N3OS. The molecule has 5 heteroatoms. The topological polar surface area (TPSA) is 47.9 Å². The number of rotatable bonds is 4. The van der Waals surface area contributed by atoms with E-state index in [1.807, 2.05) is 24.3 Å².